The van der Waals surface area contributed by atoms with Gasteiger partial charge in [0.15, 0.2) is 6.29 Å². The lowest BCUT2D eigenvalue weighted by molar-refractivity contribution is -0.140. The third-order valence-corrected chi connectivity index (χ3v) is 6.35. The van der Waals surface area contributed by atoms with E-state index in [-0.39, 0.29) is 6.29 Å². The highest BCUT2D eigenvalue weighted by molar-refractivity contribution is 5.23. The van der Waals surface area contributed by atoms with Crippen LogP contribution in [0.25, 0.3) is 0 Å². The number of piperidine rings is 1. The van der Waals surface area contributed by atoms with Crippen molar-refractivity contribution >= 4 is 0 Å². The van der Waals surface area contributed by atoms with Gasteiger partial charge >= 0.3 is 0 Å². The van der Waals surface area contributed by atoms with Crippen LogP contribution in [0.3, 0.4) is 0 Å². The van der Waals surface area contributed by atoms with E-state index < -0.39 is 0 Å². The molecule has 0 amide bonds. The molecule has 0 aromatic heterocycles. The summed E-state index contributed by atoms with van der Waals surface area (Å²) in [6.45, 7) is 17.4. The summed E-state index contributed by atoms with van der Waals surface area (Å²) in [5.74, 6) is 0.780. The molecule has 2 heterocycles. The summed E-state index contributed by atoms with van der Waals surface area (Å²) in [5, 5.41) is 0. The fraction of sp³-hybridized carbons (Fsp3) is 0.750. The molecule has 0 N–H and O–H groups in total. The number of ether oxygens (including phenoxy) is 2. The molecule has 0 aliphatic carbocycles. The summed E-state index contributed by atoms with van der Waals surface area (Å²) in [7, 11) is 0. The minimum Gasteiger partial charge on any atom is -0.349 e. The van der Waals surface area contributed by atoms with Crippen LogP contribution in [0.2, 0.25) is 0 Å². The van der Waals surface area contributed by atoms with Gasteiger partial charge in [-0.15, -0.1) is 0 Å². The summed E-state index contributed by atoms with van der Waals surface area (Å²) in [5.41, 5.74) is 3.08. The van der Waals surface area contributed by atoms with Gasteiger partial charge in [0, 0.05) is 38.4 Å². The third kappa shape index (κ3) is 5.79. The Morgan fingerprint density at radius 3 is 2.00 bits per heavy atom. The van der Waals surface area contributed by atoms with Crippen LogP contribution in [0.15, 0.2) is 24.3 Å². The van der Waals surface area contributed by atoms with E-state index in [2.05, 4.69) is 47.9 Å². The first-order valence-corrected chi connectivity index (χ1v) is 11.3. The molecular formula is C24H40N2O2. The highest BCUT2D eigenvalue weighted by Crippen LogP contribution is 2.40. The van der Waals surface area contributed by atoms with Gasteiger partial charge in [0.2, 0.25) is 0 Å². The summed E-state index contributed by atoms with van der Waals surface area (Å²) >= 11 is 0. The second-order valence-corrected chi connectivity index (χ2v) is 9.14. The molecule has 4 heteroatoms. The second kappa shape index (κ2) is 10.2. The molecule has 0 radical (unpaired) electrons. The Labute approximate surface area is 172 Å². The van der Waals surface area contributed by atoms with Crippen LogP contribution in [-0.2, 0) is 16.0 Å². The number of hydrogen-bond donors (Lipinski definition) is 0. The number of rotatable bonds is 9. The van der Waals surface area contributed by atoms with Gasteiger partial charge in [-0.2, -0.15) is 0 Å². The average Bonchev–Trinajstić information content (AvgIpc) is 3.06. The van der Waals surface area contributed by atoms with Crippen molar-refractivity contribution in [3.8, 4) is 0 Å². The Balaban J connectivity index is 1.50. The smallest absolute Gasteiger partial charge is 0.183 e. The van der Waals surface area contributed by atoms with Crippen molar-refractivity contribution in [2.75, 3.05) is 45.9 Å². The van der Waals surface area contributed by atoms with Gasteiger partial charge in [-0.25, -0.2) is 0 Å². The molecule has 2 aliphatic rings. The largest absolute Gasteiger partial charge is 0.349 e. The normalized spacial score (nSPS) is 20.6. The highest BCUT2D eigenvalue weighted by atomic mass is 16.7. The Morgan fingerprint density at radius 2 is 1.46 bits per heavy atom. The van der Waals surface area contributed by atoms with Gasteiger partial charge in [-0.1, -0.05) is 38.1 Å². The average molecular weight is 389 g/mol. The molecule has 2 saturated heterocycles. The Bertz CT molecular complexity index is 573. The van der Waals surface area contributed by atoms with Gasteiger partial charge in [0.25, 0.3) is 0 Å². The highest BCUT2D eigenvalue weighted by Gasteiger charge is 2.40. The molecule has 0 unspecified atom stereocenters. The van der Waals surface area contributed by atoms with Crippen molar-refractivity contribution in [1.82, 2.24) is 9.80 Å². The molecule has 3 rings (SSSR count). The van der Waals surface area contributed by atoms with E-state index in [9.17, 15) is 0 Å². The van der Waals surface area contributed by atoms with Gasteiger partial charge < -0.3 is 14.4 Å². The first-order valence-electron chi connectivity index (χ1n) is 11.3. The van der Waals surface area contributed by atoms with Crippen LogP contribution < -0.4 is 0 Å². The topological polar surface area (TPSA) is 24.9 Å². The SMILES string of the molecule is CCOC(OCC)c1ccc(CN2CCC3(CCN(CC(C)C)CC3)C2)cc1. The number of benzene rings is 1. The van der Waals surface area contributed by atoms with Crippen LogP contribution in [0.4, 0.5) is 0 Å². The van der Waals surface area contributed by atoms with Crippen molar-refractivity contribution in [2.24, 2.45) is 11.3 Å². The van der Waals surface area contributed by atoms with Crippen molar-refractivity contribution in [3.05, 3.63) is 35.4 Å². The molecule has 1 aromatic carbocycles. The molecule has 28 heavy (non-hydrogen) atoms. The molecule has 1 spiro atoms. The summed E-state index contributed by atoms with van der Waals surface area (Å²) in [4.78, 5) is 5.33. The van der Waals surface area contributed by atoms with Crippen LogP contribution in [0.5, 0.6) is 0 Å². The van der Waals surface area contributed by atoms with Crippen LogP contribution in [0, 0.1) is 11.3 Å². The minimum absolute atomic E-state index is 0.241. The quantitative estimate of drug-likeness (QED) is 0.572. The fourth-order valence-electron chi connectivity index (χ4n) is 4.88. The maximum atomic E-state index is 5.71. The Morgan fingerprint density at radius 1 is 0.893 bits per heavy atom. The van der Waals surface area contributed by atoms with Gasteiger partial charge in [-0.3, -0.25) is 4.90 Å². The molecular weight excluding hydrogens is 348 g/mol. The zero-order valence-electron chi connectivity index (χ0n) is 18.5. The van der Waals surface area contributed by atoms with Crippen LogP contribution in [-0.4, -0.2) is 55.7 Å². The van der Waals surface area contributed by atoms with E-state index in [1.54, 1.807) is 0 Å². The zero-order valence-corrected chi connectivity index (χ0v) is 18.5. The number of likely N-dealkylation sites (tertiary alicyclic amines) is 2. The lowest BCUT2D eigenvalue weighted by atomic mass is 9.77. The molecule has 4 nitrogen and oxygen atoms in total. The molecule has 158 valence electrons. The van der Waals surface area contributed by atoms with Crippen molar-refractivity contribution in [3.63, 3.8) is 0 Å². The summed E-state index contributed by atoms with van der Waals surface area (Å²) in [6, 6.07) is 8.83. The van der Waals surface area contributed by atoms with Crippen LogP contribution in [0.1, 0.15) is 64.4 Å². The number of nitrogens with zero attached hydrogens (tertiary/aromatic N) is 2. The van der Waals surface area contributed by atoms with Crippen LogP contribution >= 0.6 is 0 Å². The van der Waals surface area contributed by atoms with E-state index >= 15 is 0 Å². The molecule has 0 saturated carbocycles. The second-order valence-electron chi connectivity index (χ2n) is 9.14. The monoisotopic (exact) mass is 388 g/mol. The van der Waals surface area contributed by atoms with E-state index in [1.807, 2.05) is 13.8 Å². The zero-order chi connectivity index (χ0) is 20.0. The number of hydrogen-bond acceptors (Lipinski definition) is 4. The van der Waals surface area contributed by atoms with E-state index in [0.29, 0.717) is 18.6 Å². The van der Waals surface area contributed by atoms with Gasteiger partial charge in [-0.05, 0) is 69.6 Å². The van der Waals surface area contributed by atoms with E-state index in [0.717, 1.165) is 18.0 Å². The predicted molar refractivity (Wildman–Crippen MR) is 115 cm³/mol. The molecule has 0 atom stereocenters. The molecule has 0 bridgehead atoms. The maximum absolute atomic E-state index is 5.71. The first kappa shape index (κ1) is 21.8. The predicted octanol–water partition coefficient (Wildman–Crippen LogP) is 4.70. The lowest BCUT2D eigenvalue weighted by Crippen LogP contribution is -2.42. The van der Waals surface area contributed by atoms with Crippen molar-refractivity contribution in [1.29, 1.82) is 0 Å². The van der Waals surface area contributed by atoms with E-state index in [1.165, 1.54) is 57.5 Å². The standard InChI is InChI=1S/C24H40N2O2/c1-5-27-23(28-6-2)22-9-7-21(8-10-22)18-26-16-13-24(19-26)11-14-25(15-12-24)17-20(3)4/h7-10,20,23H,5-6,11-19H2,1-4H3. The van der Waals surface area contributed by atoms with Gasteiger partial charge in [0.1, 0.15) is 0 Å². The van der Waals surface area contributed by atoms with E-state index in [4.69, 9.17) is 9.47 Å². The lowest BCUT2D eigenvalue weighted by Gasteiger charge is -2.40. The molecule has 1 aromatic rings. The fourth-order valence-corrected chi connectivity index (χ4v) is 4.88. The Kier molecular flexibility index (Phi) is 7.93. The van der Waals surface area contributed by atoms with Crippen molar-refractivity contribution < 1.29 is 9.47 Å². The first-order chi connectivity index (χ1) is 13.5. The minimum atomic E-state index is -0.241. The summed E-state index contributed by atoms with van der Waals surface area (Å²) < 4.78 is 11.4. The maximum Gasteiger partial charge on any atom is 0.183 e. The third-order valence-electron chi connectivity index (χ3n) is 6.35. The van der Waals surface area contributed by atoms with Crippen molar-refractivity contribution in [2.45, 2.75) is 59.8 Å². The van der Waals surface area contributed by atoms with Gasteiger partial charge in [0.05, 0.1) is 0 Å². The molecule has 2 aliphatic heterocycles. The summed E-state index contributed by atoms with van der Waals surface area (Å²) in [6.07, 6.45) is 3.88. The molecule has 2 fully saturated rings. The Hall–Kier alpha value is -0.940.